The van der Waals surface area contributed by atoms with Gasteiger partial charge in [0, 0.05) is 18.9 Å². The molecule has 0 spiro atoms. The van der Waals surface area contributed by atoms with E-state index in [1.165, 1.54) is 5.56 Å². The van der Waals surface area contributed by atoms with E-state index in [4.69, 9.17) is 0 Å². The molecule has 5 heteroatoms. The molecule has 0 saturated carbocycles. The van der Waals surface area contributed by atoms with Gasteiger partial charge in [-0.15, -0.1) is 0 Å². The van der Waals surface area contributed by atoms with Crippen molar-refractivity contribution in [1.29, 1.82) is 0 Å². The summed E-state index contributed by atoms with van der Waals surface area (Å²) in [6.07, 6.45) is 4.33. The molecule has 0 saturated heterocycles. The van der Waals surface area contributed by atoms with E-state index in [0.717, 1.165) is 6.42 Å². The number of anilines is 1. The quantitative estimate of drug-likeness (QED) is 0.888. The molecule has 0 aliphatic heterocycles. The number of nitrogens with one attached hydrogen (secondary N) is 1. The van der Waals surface area contributed by atoms with Crippen LogP contribution in [0, 0.1) is 0 Å². The maximum absolute atomic E-state index is 12.0. The molecule has 0 unspecified atom stereocenters. The van der Waals surface area contributed by atoms with Crippen LogP contribution >= 0.6 is 0 Å². The zero-order chi connectivity index (χ0) is 14.4. The molecule has 20 heavy (non-hydrogen) atoms. The third-order valence-corrected chi connectivity index (χ3v) is 4.87. The van der Waals surface area contributed by atoms with Crippen molar-refractivity contribution in [2.24, 2.45) is 0 Å². The van der Waals surface area contributed by atoms with Gasteiger partial charge >= 0.3 is 0 Å². The maximum Gasteiger partial charge on any atom is 0.180 e. The van der Waals surface area contributed by atoms with Crippen molar-refractivity contribution in [1.82, 2.24) is 4.98 Å². The summed E-state index contributed by atoms with van der Waals surface area (Å²) < 4.78 is 24.0. The highest BCUT2D eigenvalue weighted by Gasteiger charge is 2.15. The van der Waals surface area contributed by atoms with Crippen LogP contribution in [0.25, 0.3) is 0 Å². The van der Waals surface area contributed by atoms with E-state index < -0.39 is 9.84 Å². The van der Waals surface area contributed by atoms with Crippen molar-refractivity contribution < 1.29 is 8.42 Å². The molecule has 1 aromatic heterocycles. The zero-order valence-corrected chi connectivity index (χ0v) is 12.2. The van der Waals surface area contributed by atoms with Crippen LogP contribution in [0.15, 0.2) is 53.7 Å². The molecule has 106 valence electrons. The normalized spacial score (nSPS) is 11.2. The van der Waals surface area contributed by atoms with Gasteiger partial charge in [-0.1, -0.05) is 19.1 Å². The molecule has 0 aliphatic rings. The second kappa shape index (κ2) is 6.52. The fraction of sp³-hybridized carbons (Fsp3) is 0.267. The zero-order valence-electron chi connectivity index (χ0n) is 11.4. The van der Waals surface area contributed by atoms with E-state index in [0.29, 0.717) is 17.1 Å². The predicted molar refractivity (Wildman–Crippen MR) is 80.6 cm³/mol. The average molecular weight is 290 g/mol. The topological polar surface area (TPSA) is 59.1 Å². The molecule has 2 aromatic rings. The van der Waals surface area contributed by atoms with E-state index in [-0.39, 0.29) is 5.75 Å². The van der Waals surface area contributed by atoms with Crippen molar-refractivity contribution in [2.75, 3.05) is 17.6 Å². The third-order valence-electron chi connectivity index (χ3n) is 3.08. The van der Waals surface area contributed by atoms with E-state index >= 15 is 0 Å². The molecule has 1 aromatic carbocycles. The summed E-state index contributed by atoms with van der Waals surface area (Å²) in [5, 5.41) is 3.20. The van der Waals surface area contributed by atoms with Crippen molar-refractivity contribution in [3.05, 3.63) is 54.4 Å². The second-order valence-corrected chi connectivity index (χ2v) is 6.68. The Morgan fingerprint density at radius 1 is 1.10 bits per heavy atom. The molecule has 0 amide bonds. The first-order valence-corrected chi connectivity index (χ1v) is 8.23. The Labute approximate surface area is 119 Å². The fourth-order valence-corrected chi connectivity index (χ4v) is 3.00. The number of sulfone groups is 1. The lowest BCUT2D eigenvalue weighted by Gasteiger charge is -2.11. The van der Waals surface area contributed by atoms with Gasteiger partial charge in [-0.2, -0.15) is 0 Å². The van der Waals surface area contributed by atoms with Crippen LogP contribution in [0.3, 0.4) is 0 Å². The monoisotopic (exact) mass is 290 g/mol. The van der Waals surface area contributed by atoms with Gasteiger partial charge in [-0.25, -0.2) is 8.42 Å². The summed E-state index contributed by atoms with van der Waals surface area (Å²) in [6.45, 7) is 2.34. The Bertz CT molecular complexity index is 655. The Morgan fingerprint density at radius 3 is 2.50 bits per heavy atom. The standard InChI is InChI=1S/C15H18N2O2S/c1-2-20(18,19)15-6-4-3-5-14(15)17-12-9-13-7-10-16-11-8-13/h3-8,10-11,17H,2,9,12H2,1H3. The number of pyridine rings is 1. The minimum absolute atomic E-state index is 0.107. The summed E-state index contributed by atoms with van der Waals surface area (Å²) in [6, 6.07) is 10.9. The number of para-hydroxylation sites is 1. The highest BCUT2D eigenvalue weighted by atomic mass is 32.2. The van der Waals surface area contributed by atoms with Gasteiger partial charge in [-0.3, -0.25) is 4.98 Å². The predicted octanol–water partition coefficient (Wildman–Crippen LogP) is 2.53. The van der Waals surface area contributed by atoms with Crippen molar-refractivity contribution in [3.63, 3.8) is 0 Å². The minimum atomic E-state index is -3.20. The average Bonchev–Trinajstić information content (AvgIpc) is 2.49. The Morgan fingerprint density at radius 2 is 1.80 bits per heavy atom. The lowest BCUT2D eigenvalue weighted by atomic mass is 10.2. The smallest absolute Gasteiger partial charge is 0.180 e. The largest absolute Gasteiger partial charge is 0.384 e. The Kier molecular flexibility index (Phi) is 4.74. The first-order valence-electron chi connectivity index (χ1n) is 6.58. The van der Waals surface area contributed by atoms with Crippen LogP contribution < -0.4 is 5.32 Å². The molecule has 1 heterocycles. The van der Waals surface area contributed by atoms with Gasteiger partial charge in [0.15, 0.2) is 9.84 Å². The number of rotatable bonds is 6. The molecule has 0 atom stereocenters. The molecule has 0 bridgehead atoms. The van der Waals surface area contributed by atoms with E-state index in [1.54, 1.807) is 37.5 Å². The van der Waals surface area contributed by atoms with E-state index in [2.05, 4.69) is 10.3 Å². The maximum atomic E-state index is 12.0. The van der Waals surface area contributed by atoms with Crippen LogP contribution in [-0.4, -0.2) is 25.7 Å². The molecule has 0 radical (unpaired) electrons. The van der Waals surface area contributed by atoms with Gasteiger partial charge in [0.2, 0.25) is 0 Å². The highest BCUT2D eigenvalue weighted by Crippen LogP contribution is 2.21. The van der Waals surface area contributed by atoms with Crippen LogP contribution in [0.2, 0.25) is 0 Å². The summed E-state index contributed by atoms with van der Waals surface area (Å²) >= 11 is 0. The van der Waals surface area contributed by atoms with E-state index in [9.17, 15) is 8.42 Å². The highest BCUT2D eigenvalue weighted by molar-refractivity contribution is 7.91. The summed E-state index contributed by atoms with van der Waals surface area (Å²) in [7, 11) is -3.20. The summed E-state index contributed by atoms with van der Waals surface area (Å²) in [4.78, 5) is 4.34. The first kappa shape index (κ1) is 14.5. The van der Waals surface area contributed by atoms with Crippen molar-refractivity contribution in [3.8, 4) is 0 Å². The molecule has 1 N–H and O–H groups in total. The lowest BCUT2D eigenvalue weighted by Crippen LogP contribution is -2.11. The molecular formula is C15H18N2O2S. The minimum Gasteiger partial charge on any atom is -0.384 e. The van der Waals surface area contributed by atoms with Crippen LogP contribution in [0.5, 0.6) is 0 Å². The molecular weight excluding hydrogens is 272 g/mol. The number of aromatic nitrogens is 1. The number of hydrogen-bond donors (Lipinski definition) is 1. The Hall–Kier alpha value is -1.88. The van der Waals surface area contributed by atoms with Crippen LogP contribution in [-0.2, 0) is 16.3 Å². The summed E-state index contributed by atoms with van der Waals surface area (Å²) in [5.74, 6) is 0.107. The molecule has 0 aliphatic carbocycles. The fourth-order valence-electron chi connectivity index (χ4n) is 1.93. The van der Waals surface area contributed by atoms with E-state index in [1.807, 2.05) is 18.2 Å². The SMILES string of the molecule is CCS(=O)(=O)c1ccccc1NCCc1ccncc1. The van der Waals surface area contributed by atoms with Gasteiger partial charge in [-0.05, 0) is 36.2 Å². The Balaban J connectivity index is 2.07. The van der Waals surface area contributed by atoms with Gasteiger partial charge in [0.25, 0.3) is 0 Å². The van der Waals surface area contributed by atoms with Crippen molar-refractivity contribution in [2.45, 2.75) is 18.2 Å². The lowest BCUT2D eigenvalue weighted by molar-refractivity contribution is 0.597. The van der Waals surface area contributed by atoms with Crippen LogP contribution in [0.4, 0.5) is 5.69 Å². The summed E-state index contributed by atoms with van der Waals surface area (Å²) in [5.41, 5.74) is 1.84. The van der Waals surface area contributed by atoms with Crippen molar-refractivity contribution >= 4 is 15.5 Å². The van der Waals surface area contributed by atoms with Gasteiger partial charge in [0.1, 0.15) is 0 Å². The first-order chi connectivity index (χ1) is 9.63. The second-order valence-electron chi connectivity index (χ2n) is 4.43. The van der Waals surface area contributed by atoms with Crippen LogP contribution in [0.1, 0.15) is 12.5 Å². The third kappa shape index (κ3) is 3.57. The van der Waals surface area contributed by atoms with Gasteiger partial charge in [0.05, 0.1) is 16.3 Å². The number of benzene rings is 1. The van der Waals surface area contributed by atoms with Gasteiger partial charge < -0.3 is 5.32 Å². The molecule has 0 fully saturated rings. The number of nitrogens with zero attached hydrogens (tertiary/aromatic N) is 1. The molecule has 2 rings (SSSR count). The molecule has 4 nitrogen and oxygen atoms in total. The number of hydrogen-bond acceptors (Lipinski definition) is 4.